The molecule has 0 bridgehead atoms. The Morgan fingerprint density at radius 2 is 2.00 bits per heavy atom. The first-order chi connectivity index (χ1) is 16.4. The number of ether oxygens (including phenoxy) is 3. The zero-order valence-corrected chi connectivity index (χ0v) is 20.2. The van der Waals surface area contributed by atoms with E-state index in [1.807, 2.05) is 6.07 Å². The number of rotatable bonds is 8. The molecule has 0 spiro atoms. The van der Waals surface area contributed by atoms with Crippen LogP contribution in [0.4, 0.5) is 5.00 Å². The van der Waals surface area contributed by atoms with E-state index in [9.17, 15) is 14.4 Å². The van der Waals surface area contributed by atoms with Gasteiger partial charge >= 0.3 is 11.9 Å². The molecule has 1 aromatic carbocycles. The summed E-state index contributed by atoms with van der Waals surface area (Å²) in [6.45, 7) is 3.50. The highest BCUT2D eigenvalue weighted by Crippen LogP contribution is 2.38. The lowest BCUT2D eigenvalue weighted by Gasteiger charge is -2.14. The van der Waals surface area contributed by atoms with E-state index in [0.29, 0.717) is 27.5 Å². The normalized spacial score (nSPS) is 13.7. The Bertz CT molecular complexity index is 1230. The third-order valence-electron chi connectivity index (χ3n) is 5.76. The van der Waals surface area contributed by atoms with Crippen molar-refractivity contribution in [2.45, 2.75) is 52.1 Å². The third-order valence-corrected chi connectivity index (χ3v) is 6.97. The predicted octanol–water partition coefficient (Wildman–Crippen LogP) is 4.67. The van der Waals surface area contributed by atoms with Crippen LogP contribution >= 0.6 is 11.3 Å². The Labute approximate surface area is 201 Å². The molecule has 0 fully saturated rings. The number of aryl methyl sites for hydroxylation is 1. The first-order valence-electron chi connectivity index (χ1n) is 11.3. The van der Waals surface area contributed by atoms with E-state index in [4.69, 9.17) is 18.6 Å². The van der Waals surface area contributed by atoms with Crippen molar-refractivity contribution in [1.29, 1.82) is 0 Å². The minimum absolute atomic E-state index is 0.0433. The lowest BCUT2D eigenvalue weighted by Crippen LogP contribution is -2.30. The molecule has 2 aromatic heterocycles. The maximum absolute atomic E-state index is 12.8. The second kappa shape index (κ2) is 10.3. The summed E-state index contributed by atoms with van der Waals surface area (Å²) < 4.78 is 21.3. The summed E-state index contributed by atoms with van der Waals surface area (Å²) in [5.41, 5.74) is 2.64. The summed E-state index contributed by atoms with van der Waals surface area (Å²) in [5, 5.41) is 4.01. The molecule has 1 amide bonds. The highest BCUT2D eigenvalue weighted by molar-refractivity contribution is 7.17. The van der Waals surface area contributed by atoms with Crippen molar-refractivity contribution >= 4 is 45.2 Å². The van der Waals surface area contributed by atoms with Gasteiger partial charge in [0.05, 0.1) is 32.0 Å². The molecule has 1 atom stereocenters. The van der Waals surface area contributed by atoms with E-state index in [1.165, 1.54) is 24.5 Å². The van der Waals surface area contributed by atoms with Crippen LogP contribution in [0.2, 0.25) is 0 Å². The fourth-order valence-electron chi connectivity index (χ4n) is 4.06. The number of hydrogen-bond donors (Lipinski definition) is 1. The van der Waals surface area contributed by atoms with Crippen LogP contribution < -0.4 is 10.1 Å². The van der Waals surface area contributed by atoms with Gasteiger partial charge in [-0.1, -0.05) is 0 Å². The van der Waals surface area contributed by atoms with Gasteiger partial charge in [-0.05, 0) is 57.2 Å². The lowest BCUT2D eigenvalue weighted by molar-refractivity contribution is -0.152. The number of nitrogens with one attached hydrogen (secondary N) is 1. The minimum atomic E-state index is -1.04. The van der Waals surface area contributed by atoms with Gasteiger partial charge in [-0.15, -0.1) is 11.3 Å². The molecule has 3 aromatic rings. The quantitative estimate of drug-likeness (QED) is 0.462. The molecule has 0 unspecified atom stereocenters. The van der Waals surface area contributed by atoms with Gasteiger partial charge in [0, 0.05) is 21.9 Å². The number of benzene rings is 1. The van der Waals surface area contributed by atoms with Gasteiger partial charge in [0.2, 0.25) is 0 Å². The molecule has 0 aliphatic heterocycles. The van der Waals surface area contributed by atoms with E-state index >= 15 is 0 Å². The van der Waals surface area contributed by atoms with Crippen LogP contribution in [0.5, 0.6) is 5.75 Å². The molecule has 4 rings (SSSR count). The number of anilines is 1. The number of hydrogen-bond acceptors (Lipinski definition) is 8. The molecular weight excluding hydrogens is 458 g/mol. The number of esters is 2. The van der Waals surface area contributed by atoms with Gasteiger partial charge in [0.15, 0.2) is 6.10 Å². The molecule has 1 aliphatic rings. The van der Waals surface area contributed by atoms with Crippen molar-refractivity contribution in [3.8, 4) is 5.75 Å². The van der Waals surface area contributed by atoms with Crippen LogP contribution in [0.15, 0.2) is 28.9 Å². The topological polar surface area (TPSA) is 104 Å². The van der Waals surface area contributed by atoms with Gasteiger partial charge in [-0.3, -0.25) is 9.59 Å². The standard InChI is InChI=1S/C25H27NO7S/c1-4-31-25(29)22-18-7-5-6-8-20(18)34-24(22)26-23(28)14(2)33-21(27)11-15-13-32-19-12-16(30-3)9-10-17(15)19/h9-10,12-14H,4-8,11H2,1-3H3,(H,26,28)/t14-/m0/s1. The fraction of sp³-hybridized carbons (Fsp3) is 0.400. The average molecular weight is 486 g/mol. The van der Waals surface area contributed by atoms with Crippen LogP contribution in [0.3, 0.4) is 0 Å². The number of fused-ring (bicyclic) bond motifs is 2. The molecule has 34 heavy (non-hydrogen) atoms. The maximum atomic E-state index is 12.8. The monoisotopic (exact) mass is 485 g/mol. The molecule has 9 heteroatoms. The average Bonchev–Trinajstić information content (AvgIpc) is 3.39. The number of furan rings is 1. The minimum Gasteiger partial charge on any atom is -0.497 e. The third kappa shape index (κ3) is 4.94. The summed E-state index contributed by atoms with van der Waals surface area (Å²) in [4.78, 5) is 39.0. The van der Waals surface area contributed by atoms with Crippen molar-refractivity contribution < 1.29 is 33.0 Å². The Morgan fingerprint density at radius 3 is 2.76 bits per heavy atom. The molecule has 2 heterocycles. The van der Waals surface area contributed by atoms with Crippen molar-refractivity contribution in [2.24, 2.45) is 0 Å². The second-order valence-electron chi connectivity index (χ2n) is 8.06. The maximum Gasteiger partial charge on any atom is 0.341 e. The Morgan fingerprint density at radius 1 is 1.21 bits per heavy atom. The lowest BCUT2D eigenvalue weighted by atomic mass is 9.95. The van der Waals surface area contributed by atoms with Crippen molar-refractivity contribution in [2.75, 3.05) is 19.0 Å². The molecule has 180 valence electrons. The highest BCUT2D eigenvalue weighted by Gasteiger charge is 2.29. The largest absolute Gasteiger partial charge is 0.497 e. The highest BCUT2D eigenvalue weighted by atomic mass is 32.1. The number of thiophene rings is 1. The van der Waals surface area contributed by atoms with Crippen LogP contribution in [0.25, 0.3) is 11.0 Å². The SMILES string of the molecule is CCOC(=O)c1c(NC(=O)[C@H](C)OC(=O)Cc2coc3cc(OC)ccc23)sc2c1CCCC2. The van der Waals surface area contributed by atoms with Crippen LogP contribution in [-0.4, -0.2) is 37.7 Å². The Balaban J connectivity index is 1.43. The number of methoxy groups -OCH3 is 1. The van der Waals surface area contributed by atoms with Gasteiger partial charge < -0.3 is 23.9 Å². The summed E-state index contributed by atoms with van der Waals surface area (Å²) in [6, 6.07) is 5.33. The predicted molar refractivity (Wildman–Crippen MR) is 128 cm³/mol. The summed E-state index contributed by atoms with van der Waals surface area (Å²) in [6.07, 6.45) is 4.11. The van der Waals surface area contributed by atoms with Crippen LogP contribution in [-0.2, 0) is 38.3 Å². The molecule has 0 saturated heterocycles. The van der Waals surface area contributed by atoms with Crippen LogP contribution in [0.1, 0.15) is 53.1 Å². The molecule has 1 N–H and O–H groups in total. The van der Waals surface area contributed by atoms with E-state index in [2.05, 4.69) is 5.32 Å². The molecular formula is C25H27NO7S. The molecule has 0 radical (unpaired) electrons. The zero-order valence-electron chi connectivity index (χ0n) is 19.4. The first kappa shape index (κ1) is 23.8. The molecule has 1 aliphatic carbocycles. The second-order valence-corrected chi connectivity index (χ2v) is 9.16. The molecule has 8 nitrogen and oxygen atoms in total. The van der Waals surface area contributed by atoms with Gasteiger partial charge in [0.1, 0.15) is 16.3 Å². The number of amides is 1. The van der Waals surface area contributed by atoms with E-state index in [-0.39, 0.29) is 13.0 Å². The summed E-state index contributed by atoms with van der Waals surface area (Å²) >= 11 is 1.39. The van der Waals surface area contributed by atoms with Gasteiger partial charge in [-0.25, -0.2) is 4.79 Å². The van der Waals surface area contributed by atoms with E-state index in [1.54, 1.807) is 26.2 Å². The fourth-order valence-corrected chi connectivity index (χ4v) is 5.34. The van der Waals surface area contributed by atoms with Crippen molar-refractivity contribution in [3.05, 3.63) is 46.0 Å². The summed E-state index contributed by atoms with van der Waals surface area (Å²) in [7, 11) is 1.57. The Kier molecular flexibility index (Phi) is 7.21. The van der Waals surface area contributed by atoms with Gasteiger partial charge in [-0.2, -0.15) is 0 Å². The smallest absolute Gasteiger partial charge is 0.341 e. The van der Waals surface area contributed by atoms with E-state index < -0.39 is 23.9 Å². The van der Waals surface area contributed by atoms with Crippen LogP contribution in [0, 0.1) is 0 Å². The first-order valence-corrected chi connectivity index (χ1v) is 12.1. The zero-order chi connectivity index (χ0) is 24.2. The van der Waals surface area contributed by atoms with E-state index in [0.717, 1.165) is 41.5 Å². The molecule has 0 saturated carbocycles. The number of carbonyl (C=O) groups is 3. The van der Waals surface area contributed by atoms with Crippen molar-refractivity contribution in [3.63, 3.8) is 0 Å². The summed E-state index contributed by atoms with van der Waals surface area (Å²) in [5.74, 6) is -0.847. The van der Waals surface area contributed by atoms with Crippen molar-refractivity contribution in [1.82, 2.24) is 0 Å². The Hall–Kier alpha value is -3.33. The van der Waals surface area contributed by atoms with Gasteiger partial charge in [0.25, 0.3) is 5.91 Å². The number of carbonyl (C=O) groups excluding carboxylic acids is 3.